The number of halogens is 2. The van der Waals surface area contributed by atoms with Crippen LogP contribution in [0.25, 0.3) is 22.2 Å². The maximum Gasteiger partial charge on any atom is 0.303 e. The van der Waals surface area contributed by atoms with Crippen LogP contribution in [0.1, 0.15) is 46.7 Å². The third kappa shape index (κ3) is 5.50. The number of carbonyl (C=O) groups excluding carboxylic acids is 1. The van der Waals surface area contributed by atoms with Crippen molar-refractivity contribution < 1.29 is 23.5 Å². The van der Waals surface area contributed by atoms with Crippen molar-refractivity contribution >= 4 is 22.8 Å². The molecule has 5 rings (SSSR count). The first-order valence-electron chi connectivity index (χ1n) is 12.3. The molecule has 1 saturated heterocycles. The number of aryl methyl sites for hydroxylation is 1. The highest BCUT2D eigenvalue weighted by atomic mass is 19.1. The average Bonchev–Trinajstić information content (AvgIpc) is 2.85. The summed E-state index contributed by atoms with van der Waals surface area (Å²) in [5, 5.41) is 9.77. The topological polar surface area (TPSA) is 70.5 Å². The third-order valence-corrected chi connectivity index (χ3v) is 6.83. The second kappa shape index (κ2) is 10.5. The lowest BCUT2D eigenvalue weighted by Crippen LogP contribution is -2.48. The van der Waals surface area contributed by atoms with E-state index in [1.807, 2.05) is 24.3 Å². The molecule has 1 aliphatic rings. The van der Waals surface area contributed by atoms with Crippen molar-refractivity contribution in [2.24, 2.45) is 0 Å². The molecule has 3 aromatic carbocycles. The summed E-state index contributed by atoms with van der Waals surface area (Å²) in [6.45, 7) is 1.08. The van der Waals surface area contributed by atoms with E-state index < -0.39 is 5.97 Å². The van der Waals surface area contributed by atoms with Gasteiger partial charge in [0.05, 0.1) is 11.2 Å². The van der Waals surface area contributed by atoms with Gasteiger partial charge in [-0.25, -0.2) is 13.8 Å². The quantitative estimate of drug-likeness (QED) is 0.292. The number of carboxylic acid groups (broad SMARTS) is 1. The van der Waals surface area contributed by atoms with Crippen LogP contribution in [0.15, 0.2) is 72.8 Å². The van der Waals surface area contributed by atoms with Gasteiger partial charge in [-0.15, -0.1) is 0 Å². The second-order valence-electron chi connectivity index (χ2n) is 9.47. The minimum Gasteiger partial charge on any atom is -0.481 e. The summed E-state index contributed by atoms with van der Waals surface area (Å²) in [6.07, 6.45) is 1.91. The van der Waals surface area contributed by atoms with E-state index in [0.717, 1.165) is 27.8 Å². The van der Waals surface area contributed by atoms with E-state index in [1.165, 1.54) is 24.3 Å². The van der Waals surface area contributed by atoms with E-state index in [2.05, 4.69) is 0 Å². The maximum atomic E-state index is 13.5. The number of likely N-dealkylation sites (tertiary alicyclic amines) is 1. The van der Waals surface area contributed by atoms with E-state index in [4.69, 9.17) is 10.1 Å². The van der Waals surface area contributed by atoms with Crippen LogP contribution >= 0.6 is 0 Å². The first-order chi connectivity index (χ1) is 17.9. The number of aliphatic carboxylic acids is 1. The Hall–Kier alpha value is -4.13. The molecule has 0 atom stereocenters. The molecule has 1 fully saturated rings. The molecule has 1 N–H and O–H groups in total. The standard InChI is InChI=1S/C30H26F2N2O3/c31-25-11-8-19(9-12-25)29-21(4-1-2-7-28(35)36)14-23-15-22(10-13-27(23)33-29)30(37)34-17-24(18-34)20-5-3-6-26(32)16-20/h3,5-6,8-16,24H,1-2,4,7,17-18H2,(H,35,36). The zero-order chi connectivity index (χ0) is 25.9. The molecule has 1 amide bonds. The summed E-state index contributed by atoms with van der Waals surface area (Å²) in [5.74, 6) is -1.40. The van der Waals surface area contributed by atoms with Gasteiger partial charge in [0, 0.05) is 41.9 Å². The Bertz CT molecular complexity index is 1460. The van der Waals surface area contributed by atoms with Crippen LogP contribution in [0.5, 0.6) is 0 Å². The number of hydrogen-bond donors (Lipinski definition) is 1. The largest absolute Gasteiger partial charge is 0.481 e. The molecule has 4 aromatic rings. The SMILES string of the molecule is O=C(O)CCCCc1cc2cc(C(=O)N3CC(c4cccc(F)c4)C3)ccc2nc1-c1ccc(F)cc1. The molecule has 0 spiro atoms. The fraction of sp³-hybridized carbons (Fsp3) is 0.233. The average molecular weight is 501 g/mol. The smallest absolute Gasteiger partial charge is 0.303 e. The monoisotopic (exact) mass is 500 g/mol. The molecule has 0 saturated carbocycles. The molecule has 7 heteroatoms. The number of rotatable bonds is 8. The number of aromatic nitrogens is 1. The van der Waals surface area contributed by atoms with Crippen molar-refractivity contribution in [3.8, 4) is 11.3 Å². The number of benzene rings is 3. The van der Waals surface area contributed by atoms with Crippen LogP contribution in [0.4, 0.5) is 8.78 Å². The molecule has 37 heavy (non-hydrogen) atoms. The van der Waals surface area contributed by atoms with Gasteiger partial charge in [0.15, 0.2) is 0 Å². The molecule has 2 heterocycles. The van der Waals surface area contributed by atoms with Crippen molar-refractivity contribution in [2.75, 3.05) is 13.1 Å². The predicted octanol–water partition coefficient (Wildman–Crippen LogP) is 6.22. The van der Waals surface area contributed by atoms with Crippen molar-refractivity contribution in [1.29, 1.82) is 0 Å². The minimum absolute atomic E-state index is 0.0832. The van der Waals surface area contributed by atoms with Gasteiger partial charge < -0.3 is 10.0 Å². The number of unbranched alkanes of at least 4 members (excludes halogenated alkanes) is 1. The van der Waals surface area contributed by atoms with Gasteiger partial charge >= 0.3 is 5.97 Å². The van der Waals surface area contributed by atoms with Crippen LogP contribution < -0.4 is 0 Å². The summed E-state index contributed by atoms with van der Waals surface area (Å²) >= 11 is 0. The lowest BCUT2D eigenvalue weighted by Gasteiger charge is -2.39. The van der Waals surface area contributed by atoms with Gasteiger partial charge in [0.25, 0.3) is 5.91 Å². The number of fused-ring (bicyclic) bond motifs is 1. The third-order valence-electron chi connectivity index (χ3n) is 6.83. The molecule has 1 aromatic heterocycles. The van der Waals surface area contributed by atoms with E-state index in [0.29, 0.717) is 43.4 Å². The van der Waals surface area contributed by atoms with Gasteiger partial charge in [0.2, 0.25) is 0 Å². The van der Waals surface area contributed by atoms with E-state index in [1.54, 1.807) is 29.2 Å². The molecule has 0 aliphatic carbocycles. The predicted molar refractivity (Wildman–Crippen MR) is 137 cm³/mol. The van der Waals surface area contributed by atoms with Crippen molar-refractivity contribution in [1.82, 2.24) is 9.88 Å². The van der Waals surface area contributed by atoms with Gasteiger partial charge in [-0.05, 0) is 91.1 Å². The number of carbonyl (C=O) groups is 2. The molecule has 1 aliphatic heterocycles. The fourth-order valence-corrected chi connectivity index (χ4v) is 4.79. The zero-order valence-electron chi connectivity index (χ0n) is 20.2. The number of carboxylic acids is 1. The molecular formula is C30H26F2N2O3. The van der Waals surface area contributed by atoms with Crippen molar-refractivity contribution in [3.63, 3.8) is 0 Å². The Morgan fingerprint density at radius 2 is 1.70 bits per heavy atom. The number of amides is 1. The zero-order valence-corrected chi connectivity index (χ0v) is 20.2. The Balaban J connectivity index is 1.39. The van der Waals surface area contributed by atoms with E-state index in [9.17, 15) is 18.4 Å². The molecule has 188 valence electrons. The first kappa shape index (κ1) is 24.6. The van der Waals surface area contributed by atoms with Gasteiger partial charge in [-0.1, -0.05) is 12.1 Å². The summed E-state index contributed by atoms with van der Waals surface area (Å²) in [5.41, 5.74) is 4.59. The van der Waals surface area contributed by atoms with E-state index >= 15 is 0 Å². The normalized spacial score (nSPS) is 13.5. The molecule has 0 radical (unpaired) electrons. The van der Waals surface area contributed by atoms with Crippen molar-refractivity contribution in [2.45, 2.75) is 31.6 Å². The highest BCUT2D eigenvalue weighted by Crippen LogP contribution is 2.31. The fourth-order valence-electron chi connectivity index (χ4n) is 4.79. The van der Waals surface area contributed by atoms with Gasteiger partial charge in [-0.2, -0.15) is 0 Å². The molecule has 5 nitrogen and oxygen atoms in total. The molecule has 0 unspecified atom stereocenters. The van der Waals surface area contributed by atoms with Crippen LogP contribution in [-0.4, -0.2) is 40.0 Å². The Morgan fingerprint density at radius 3 is 2.43 bits per heavy atom. The highest BCUT2D eigenvalue weighted by Gasteiger charge is 2.32. The number of hydrogen-bond acceptors (Lipinski definition) is 3. The lowest BCUT2D eigenvalue weighted by atomic mass is 9.90. The Morgan fingerprint density at radius 1 is 0.919 bits per heavy atom. The first-order valence-corrected chi connectivity index (χ1v) is 12.3. The summed E-state index contributed by atoms with van der Waals surface area (Å²) in [7, 11) is 0. The maximum absolute atomic E-state index is 13.5. The highest BCUT2D eigenvalue weighted by molar-refractivity contribution is 5.99. The van der Waals surface area contributed by atoms with E-state index in [-0.39, 0.29) is 29.9 Å². The number of pyridine rings is 1. The number of nitrogens with zero attached hydrogens (tertiary/aromatic N) is 2. The van der Waals surface area contributed by atoms with Gasteiger partial charge in [0.1, 0.15) is 11.6 Å². The summed E-state index contributed by atoms with van der Waals surface area (Å²) < 4.78 is 27.1. The van der Waals surface area contributed by atoms with Crippen LogP contribution in [-0.2, 0) is 11.2 Å². The molecular weight excluding hydrogens is 474 g/mol. The summed E-state index contributed by atoms with van der Waals surface area (Å²) in [4.78, 5) is 30.6. The Kier molecular flexibility index (Phi) is 6.95. The minimum atomic E-state index is -0.829. The lowest BCUT2D eigenvalue weighted by molar-refractivity contribution is -0.137. The second-order valence-corrected chi connectivity index (χ2v) is 9.47. The van der Waals surface area contributed by atoms with Crippen LogP contribution in [0.3, 0.4) is 0 Å². The van der Waals surface area contributed by atoms with Crippen LogP contribution in [0, 0.1) is 11.6 Å². The van der Waals surface area contributed by atoms with Crippen molar-refractivity contribution in [3.05, 3.63) is 101 Å². The van der Waals surface area contributed by atoms with Gasteiger partial charge in [-0.3, -0.25) is 9.59 Å². The van der Waals surface area contributed by atoms with Crippen LogP contribution in [0.2, 0.25) is 0 Å². The summed E-state index contributed by atoms with van der Waals surface area (Å²) in [6, 6.07) is 20.0. The molecule has 0 bridgehead atoms. The Labute approximate surface area is 213 Å².